The van der Waals surface area contributed by atoms with Crippen molar-refractivity contribution in [3.63, 3.8) is 0 Å². The Balaban J connectivity index is 5.35. The Morgan fingerprint density at radius 2 is 1.00 bits per heavy atom. The quantitative estimate of drug-likeness (QED) is 0.0701. The van der Waals surface area contributed by atoms with Gasteiger partial charge < -0.3 is 0 Å². The molecule has 0 rings (SSSR count). The van der Waals surface area contributed by atoms with E-state index >= 15 is 0 Å². The molecule has 0 heterocycles. The van der Waals surface area contributed by atoms with Crippen LogP contribution in [0.2, 0.25) is 8.87 Å². The summed E-state index contributed by atoms with van der Waals surface area (Å²) in [6, 6.07) is 0. The molecule has 0 saturated heterocycles. The van der Waals surface area contributed by atoms with Crippen molar-refractivity contribution in [3.8, 4) is 0 Å². The molecule has 0 amide bonds. The third-order valence-corrected chi connectivity index (χ3v) is 16.5. The fraction of sp³-hybridized carbons (Fsp3) is 0.923. The number of ether oxygens (including phenoxy) is 2. The van der Waals surface area contributed by atoms with Crippen LogP contribution in [0.15, 0.2) is 0 Å². The van der Waals surface area contributed by atoms with E-state index < -0.39 is 19.2 Å². The monoisotopic (exact) mass is 644 g/mol. The van der Waals surface area contributed by atoms with E-state index in [9.17, 15) is 9.59 Å². The number of carbonyl (C=O) groups is 2. The molecule has 0 aromatic carbocycles. The van der Waals surface area contributed by atoms with Gasteiger partial charge in [0.2, 0.25) is 0 Å². The number of thiol groups is 2. The molecule has 0 aromatic rings. The van der Waals surface area contributed by atoms with Crippen LogP contribution in [0.5, 0.6) is 0 Å². The Labute approximate surface area is 231 Å². The molecule has 0 bridgehead atoms. The fourth-order valence-corrected chi connectivity index (χ4v) is 14.3. The molecule has 0 N–H and O–H groups in total. The third-order valence-electron chi connectivity index (χ3n) is 6.01. The Morgan fingerprint density at radius 3 is 1.31 bits per heavy atom. The fourth-order valence-electron chi connectivity index (χ4n) is 3.49. The predicted molar refractivity (Wildman–Crippen MR) is 153 cm³/mol. The van der Waals surface area contributed by atoms with Gasteiger partial charge in [-0.1, -0.05) is 0 Å². The van der Waals surface area contributed by atoms with Crippen molar-refractivity contribution in [2.75, 3.05) is 37.9 Å². The molecule has 208 valence electrons. The van der Waals surface area contributed by atoms with Gasteiger partial charge in [0.15, 0.2) is 0 Å². The van der Waals surface area contributed by atoms with Gasteiger partial charge >= 0.3 is 232 Å². The molecule has 0 aliphatic heterocycles. The molecule has 0 aliphatic carbocycles. The van der Waals surface area contributed by atoms with E-state index in [1.54, 1.807) is 0 Å². The van der Waals surface area contributed by atoms with E-state index in [1.165, 1.54) is 0 Å². The van der Waals surface area contributed by atoms with Gasteiger partial charge in [0.1, 0.15) is 0 Å². The maximum atomic E-state index is 13.2. The summed E-state index contributed by atoms with van der Waals surface area (Å²) >= 11 is 4.78. The first-order chi connectivity index (χ1) is 16.9. The van der Waals surface area contributed by atoms with Gasteiger partial charge in [0.05, 0.1) is 0 Å². The zero-order valence-corrected chi connectivity index (χ0v) is 27.4. The second-order valence-corrected chi connectivity index (χ2v) is 19.2. The molecule has 35 heavy (non-hydrogen) atoms. The molecular weight excluding hydrogens is 591 g/mol. The standard InChI is InChI=1S/2C9H18O3S.2C4H9.Sn/c2*1-2-3-5-12-6-4-8(7-13)9(10)11;2*1-3-4-2;/h2*8,13H,2-7H2,1H3,(H,10,11);2*1,3-4H2,2H3;/q;;;;+2/p-2. The molecule has 0 radical (unpaired) electrons. The molecule has 0 aromatic heterocycles. The second-order valence-electron chi connectivity index (χ2n) is 9.23. The summed E-state index contributed by atoms with van der Waals surface area (Å²) in [4.78, 5) is 26.5. The van der Waals surface area contributed by atoms with Crippen molar-refractivity contribution in [1.29, 1.82) is 0 Å². The average molecular weight is 644 g/mol. The summed E-state index contributed by atoms with van der Waals surface area (Å²) in [5.41, 5.74) is 0. The topological polar surface area (TPSA) is 71.1 Å². The molecule has 0 aliphatic rings. The van der Waals surface area contributed by atoms with Gasteiger partial charge in [-0.2, -0.15) is 0 Å². The zero-order valence-electron chi connectivity index (χ0n) is 22.7. The normalized spacial score (nSPS) is 13.4. The molecule has 0 fully saturated rings. The Bertz CT molecular complexity index is 492. The van der Waals surface area contributed by atoms with Crippen LogP contribution in [0.1, 0.15) is 91.9 Å². The molecule has 0 spiro atoms. The first kappa shape index (κ1) is 35.4. The summed E-state index contributed by atoms with van der Waals surface area (Å²) in [6.45, 7) is 10.9. The van der Waals surface area contributed by atoms with Crippen molar-refractivity contribution >= 4 is 56.4 Å². The van der Waals surface area contributed by atoms with E-state index in [-0.39, 0.29) is 23.8 Å². The van der Waals surface area contributed by atoms with Crippen LogP contribution >= 0.6 is 25.3 Å². The number of unbranched alkanes of at least 4 members (excludes halogenated alkanes) is 4. The Morgan fingerprint density at radius 1 is 0.629 bits per heavy atom. The SMILES string of the molecule is CCCCOCCC(CS)C(=O)[O][Sn]([CH2]CCC)([CH2]CCC)[O]C(=O)C(CS)CCOCCCC. The van der Waals surface area contributed by atoms with Crippen molar-refractivity contribution in [3.05, 3.63) is 0 Å². The van der Waals surface area contributed by atoms with Crippen molar-refractivity contribution in [2.24, 2.45) is 11.8 Å². The first-order valence-electron chi connectivity index (χ1n) is 13.8. The zero-order chi connectivity index (χ0) is 26.4. The van der Waals surface area contributed by atoms with Crippen molar-refractivity contribution in [1.82, 2.24) is 0 Å². The molecule has 2 unspecified atom stereocenters. The minimum absolute atomic E-state index is 0.278. The number of hydrogen-bond acceptors (Lipinski definition) is 8. The molecule has 9 heteroatoms. The summed E-state index contributed by atoms with van der Waals surface area (Å²) in [5, 5.41) is 0. The van der Waals surface area contributed by atoms with Gasteiger partial charge in [-0.3, -0.25) is 0 Å². The van der Waals surface area contributed by atoms with E-state index in [2.05, 4.69) is 53.0 Å². The number of hydrogen-bond donors (Lipinski definition) is 2. The summed E-state index contributed by atoms with van der Waals surface area (Å²) in [5.74, 6) is -0.486. The van der Waals surface area contributed by atoms with Crippen LogP contribution in [-0.2, 0) is 25.2 Å². The van der Waals surface area contributed by atoms with E-state index in [0.717, 1.165) is 51.4 Å². The van der Waals surface area contributed by atoms with Crippen molar-refractivity contribution in [2.45, 2.75) is 101 Å². The predicted octanol–water partition coefficient (Wildman–Crippen LogP) is 6.62. The summed E-state index contributed by atoms with van der Waals surface area (Å²) in [7, 11) is 0. The summed E-state index contributed by atoms with van der Waals surface area (Å²) in [6.07, 6.45) is 9.00. The molecular formula is C26H52O6S2Sn. The number of rotatable bonds is 24. The summed E-state index contributed by atoms with van der Waals surface area (Å²) < 4.78 is 25.2. The van der Waals surface area contributed by atoms with Crippen molar-refractivity contribution < 1.29 is 25.2 Å². The van der Waals surface area contributed by atoms with Crippen LogP contribution in [0.4, 0.5) is 0 Å². The molecule has 2 atom stereocenters. The van der Waals surface area contributed by atoms with Crippen LogP contribution in [-0.4, -0.2) is 69.1 Å². The maximum absolute atomic E-state index is 13.2. The van der Waals surface area contributed by atoms with Crippen LogP contribution in [0.25, 0.3) is 0 Å². The van der Waals surface area contributed by atoms with Gasteiger partial charge in [0, 0.05) is 0 Å². The van der Waals surface area contributed by atoms with Gasteiger partial charge in [-0.05, 0) is 0 Å². The Kier molecular flexibility index (Phi) is 23.7. The van der Waals surface area contributed by atoms with Gasteiger partial charge in [0.25, 0.3) is 0 Å². The van der Waals surface area contributed by atoms with Crippen LogP contribution in [0.3, 0.4) is 0 Å². The third kappa shape index (κ3) is 16.7. The minimum atomic E-state index is -4.03. The first-order valence-corrected chi connectivity index (χ1v) is 21.4. The van der Waals surface area contributed by atoms with E-state index in [1.807, 2.05) is 0 Å². The average Bonchev–Trinajstić information content (AvgIpc) is 2.85. The Hall–Kier alpha value is 0.359. The second kappa shape index (κ2) is 23.5. The van der Waals surface area contributed by atoms with Gasteiger partial charge in [-0.25, -0.2) is 0 Å². The van der Waals surface area contributed by atoms with Crippen LogP contribution < -0.4 is 0 Å². The molecule has 0 saturated carbocycles. The van der Waals surface area contributed by atoms with E-state index in [4.69, 9.17) is 15.6 Å². The van der Waals surface area contributed by atoms with Crippen LogP contribution in [0, 0.1) is 11.8 Å². The van der Waals surface area contributed by atoms with E-state index in [0.29, 0.717) is 59.6 Å². The number of carbonyl (C=O) groups excluding carboxylic acids is 2. The molecule has 6 nitrogen and oxygen atoms in total. The van der Waals surface area contributed by atoms with Gasteiger partial charge in [-0.15, -0.1) is 0 Å².